The van der Waals surface area contributed by atoms with Crippen LogP contribution in [-0.4, -0.2) is 25.1 Å². The monoisotopic (exact) mass is 384 g/mol. The van der Waals surface area contributed by atoms with Crippen molar-refractivity contribution in [2.24, 2.45) is 0 Å². The Bertz CT molecular complexity index is 822. The summed E-state index contributed by atoms with van der Waals surface area (Å²) in [5.41, 5.74) is 3.76. The molecule has 0 aliphatic heterocycles. The van der Waals surface area contributed by atoms with Crippen LogP contribution in [0.3, 0.4) is 0 Å². The van der Waals surface area contributed by atoms with Crippen molar-refractivity contribution >= 4 is 5.78 Å². The maximum atomic E-state index is 12.9. The highest BCUT2D eigenvalue weighted by Gasteiger charge is 2.17. The van der Waals surface area contributed by atoms with Crippen LogP contribution in [0.1, 0.15) is 61.2 Å². The average molecular weight is 385 g/mol. The number of benzene rings is 2. The minimum atomic E-state index is 0.0450. The van der Waals surface area contributed by atoms with E-state index in [1.165, 1.54) is 0 Å². The first-order valence-electron chi connectivity index (χ1n) is 9.86. The van der Waals surface area contributed by atoms with E-state index in [1.54, 1.807) is 7.11 Å². The summed E-state index contributed by atoms with van der Waals surface area (Å²) in [6.45, 7) is 12.0. The van der Waals surface area contributed by atoms with Gasteiger partial charge in [-0.2, -0.15) is 0 Å². The van der Waals surface area contributed by atoms with Gasteiger partial charge in [-0.25, -0.2) is 0 Å². The lowest BCUT2D eigenvalue weighted by atomic mass is 9.97. The number of methoxy groups -OCH3 is 1. The van der Waals surface area contributed by atoms with E-state index in [0.717, 1.165) is 28.2 Å². The van der Waals surface area contributed by atoms with Crippen LogP contribution in [0.4, 0.5) is 0 Å². The largest absolute Gasteiger partial charge is 0.496 e. The molecule has 2 rings (SSSR count). The van der Waals surface area contributed by atoms with Crippen molar-refractivity contribution in [3.8, 4) is 17.2 Å². The molecular weight excluding hydrogens is 352 g/mol. The predicted molar refractivity (Wildman–Crippen MR) is 113 cm³/mol. The van der Waals surface area contributed by atoms with Crippen LogP contribution in [0.25, 0.3) is 0 Å². The lowest BCUT2D eigenvalue weighted by Crippen LogP contribution is -2.11. The molecule has 0 fully saturated rings. The number of hydrogen-bond acceptors (Lipinski definition) is 4. The first-order chi connectivity index (χ1) is 13.2. The summed E-state index contributed by atoms with van der Waals surface area (Å²) in [4.78, 5) is 12.9. The van der Waals surface area contributed by atoms with Gasteiger partial charge in [-0.3, -0.25) is 4.79 Å². The van der Waals surface area contributed by atoms with Gasteiger partial charge in [0.1, 0.15) is 17.2 Å². The summed E-state index contributed by atoms with van der Waals surface area (Å²) in [7, 11) is 1.61. The van der Waals surface area contributed by atoms with Crippen LogP contribution in [0, 0.1) is 13.8 Å². The summed E-state index contributed by atoms with van der Waals surface area (Å²) in [6, 6.07) is 9.66. The molecule has 0 saturated carbocycles. The van der Waals surface area contributed by atoms with E-state index < -0.39 is 0 Å². The summed E-state index contributed by atoms with van der Waals surface area (Å²) in [5.74, 6) is 2.28. The van der Waals surface area contributed by atoms with E-state index in [9.17, 15) is 4.79 Å². The molecule has 0 bridgehead atoms. The van der Waals surface area contributed by atoms with Crippen molar-refractivity contribution in [1.29, 1.82) is 0 Å². The molecule has 0 saturated heterocycles. The molecule has 0 aliphatic rings. The van der Waals surface area contributed by atoms with E-state index >= 15 is 0 Å². The zero-order chi connectivity index (χ0) is 20.8. The Morgan fingerprint density at radius 3 is 2.25 bits per heavy atom. The molecule has 0 aliphatic carbocycles. The second-order valence-electron chi connectivity index (χ2n) is 7.61. The van der Waals surface area contributed by atoms with Crippen LogP contribution in [0.5, 0.6) is 17.2 Å². The SMILES string of the molecule is COc1c(C(=O)CCc2ccc(OC(C)C)cc2OC(C)C)ccc(C)c1C. The summed E-state index contributed by atoms with van der Waals surface area (Å²) in [6.07, 6.45) is 1.12. The Morgan fingerprint density at radius 2 is 1.64 bits per heavy atom. The van der Waals surface area contributed by atoms with Crippen molar-refractivity contribution in [3.05, 3.63) is 52.6 Å². The first-order valence-corrected chi connectivity index (χ1v) is 9.86. The third-order valence-electron chi connectivity index (χ3n) is 4.58. The summed E-state index contributed by atoms with van der Waals surface area (Å²) < 4.78 is 17.2. The number of aryl methyl sites for hydroxylation is 2. The van der Waals surface area contributed by atoms with Gasteiger partial charge >= 0.3 is 0 Å². The number of Topliss-reactive ketones (excluding diaryl/α,β-unsaturated/α-hetero) is 1. The Balaban J connectivity index is 2.21. The van der Waals surface area contributed by atoms with Gasteiger partial charge in [0.05, 0.1) is 24.9 Å². The molecule has 2 aromatic rings. The van der Waals surface area contributed by atoms with Crippen LogP contribution in [-0.2, 0) is 6.42 Å². The summed E-state index contributed by atoms with van der Waals surface area (Å²) in [5, 5.41) is 0. The molecule has 0 aromatic heterocycles. The lowest BCUT2D eigenvalue weighted by Gasteiger charge is -2.17. The minimum absolute atomic E-state index is 0.0450. The fourth-order valence-corrected chi connectivity index (χ4v) is 3.11. The van der Waals surface area contributed by atoms with E-state index in [2.05, 4.69) is 0 Å². The fourth-order valence-electron chi connectivity index (χ4n) is 3.11. The smallest absolute Gasteiger partial charge is 0.166 e. The van der Waals surface area contributed by atoms with E-state index in [4.69, 9.17) is 14.2 Å². The van der Waals surface area contributed by atoms with Crippen molar-refractivity contribution in [2.45, 2.75) is 66.6 Å². The van der Waals surface area contributed by atoms with Crippen molar-refractivity contribution in [1.82, 2.24) is 0 Å². The van der Waals surface area contributed by atoms with E-state index in [1.807, 2.05) is 71.9 Å². The lowest BCUT2D eigenvalue weighted by molar-refractivity contribution is 0.0979. The molecule has 0 unspecified atom stereocenters. The third kappa shape index (κ3) is 5.51. The van der Waals surface area contributed by atoms with Gasteiger partial charge in [0.2, 0.25) is 0 Å². The van der Waals surface area contributed by atoms with Crippen molar-refractivity contribution in [3.63, 3.8) is 0 Å². The fraction of sp³-hybridized carbons (Fsp3) is 0.458. The number of carbonyl (C=O) groups is 1. The van der Waals surface area contributed by atoms with Crippen LogP contribution >= 0.6 is 0 Å². The Labute approximate surface area is 168 Å². The van der Waals surface area contributed by atoms with Gasteiger partial charge in [-0.15, -0.1) is 0 Å². The highest BCUT2D eigenvalue weighted by molar-refractivity contribution is 5.99. The average Bonchev–Trinajstić information content (AvgIpc) is 2.62. The maximum Gasteiger partial charge on any atom is 0.166 e. The van der Waals surface area contributed by atoms with Gasteiger partial charge in [-0.1, -0.05) is 12.1 Å². The number of ether oxygens (including phenoxy) is 3. The number of ketones is 1. The second kappa shape index (κ2) is 9.63. The topological polar surface area (TPSA) is 44.8 Å². The van der Waals surface area contributed by atoms with E-state index in [-0.39, 0.29) is 18.0 Å². The number of rotatable bonds is 9. The minimum Gasteiger partial charge on any atom is -0.496 e. The van der Waals surface area contributed by atoms with Crippen LogP contribution < -0.4 is 14.2 Å². The van der Waals surface area contributed by atoms with Crippen molar-refractivity contribution in [2.75, 3.05) is 7.11 Å². The molecule has 0 atom stereocenters. The maximum absolute atomic E-state index is 12.9. The highest BCUT2D eigenvalue weighted by Crippen LogP contribution is 2.30. The standard InChI is InChI=1S/C24H32O4/c1-15(2)27-20-11-9-19(23(14-20)28-16(3)4)10-13-22(25)21-12-8-17(5)18(6)24(21)26-7/h8-9,11-12,14-16H,10,13H2,1-7H3. The molecule has 0 heterocycles. The second-order valence-corrected chi connectivity index (χ2v) is 7.61. The molecule has 0 spiro atoms. The quantitative estimate of drug-likeness (QED) is 0.520. The summed E-state index contributed by atoms with van der Waals surface area (Å²) >= 11 is 0. The molecular formula is C24H32O4. The Kier molecular flexibility index (Phi) is 7.50. The molecule has 0 N–H and O–H groups in total. The normalized spacial score (nSPS) is 11.0. The molecule has 152 valence electrons. The Hall–Kier alpha value is -2.49. The third-order valence-corrected chi connectivity index (χ3v) is 4.58. The molecule has 4 heteroatoms. The van der Waals surface area contributed by atoms with E-state index in [0.29, 0.717) is 24.2 Å². The molecule has 0 amide bonds. The van der Waals surface area contributed by atoms with Crippen LogP contribution in [0.15, 0.2) is 30.3 Å². The van der Waals surface area contributed by atoms with Gasteiger partial charge in [0.25, 0.3) is 0 Å². The van der Waals surface area contributed by atoms with Crippen LogP contribution in [0.2, 0.25) is 0 Å². The van der Waals surface area contributed by atoms with Gasteiger partial charge < -0.3 is 14.2 Å². The Morgan fingerprint density at radius 1 is 0.964 bits per heavy atom. The zero-order valence-electron chi connectivity index (χ0n) is 18.1. The highest BCUT2D eigenvalue weighted by atomic mass is 16.5. The van der Waals surface area contributed by atoms with Gasteiger partial charge in [-0.05, 0) is 76.8 Å². The molecule has 28 heavy (non-hydrogen) atoms. The number of hydrogen-bond donors (Lipinski definition) is 0. The predicted octanol–water partition coefficient (Wildman–Crippen LogP) is 5.70. The number of carbonyl (C=O) groups excluding carboxylic acids is 1. The molecule has 0 radical (unpaired) electrons. The van der Waals surface area contributed by atoms with Gasteiger partial charge in [0, 0.05) is 12.5 Å². The first kappa shape index (κ1) is 21.8. The van der Waals surface area contributed by atoms with Gasteiger partial charge in [0.15, 0.2) is 5.78 Å². The zero-order valence-corrected chi connectivity index (χ0v) is 18.1. The van der Waals surface area contributed by atoms with Crippen molar-refractivity contribution < 1.29 is 19.0 Å². The molecule has 2 aromatic carbocycles. The molecule has 4 nitrogen and oxygen atoms in total.